The standard InChI is InChI=1S/C18H23F2N3O3/c1-11(22-17(25)15-8-18(19,20)10-21-15)12-2-6-14(7-3-12)26-9-16(24)23-13-4-5-13/h2-3,6-7,11,13,15,21H,4-5,8-10H2,1H3,(H,22,25)(H,23,24). The molecule has 1 aliphatic carbocycles. The first-order valence-corrected chi connectivity index (χ1v) is 8.76. The molecule has 8 heteroatoms. The first-order chi connectivity index (χ1) is 12.3. The lowest BCUT2D eigenvalue weighted by molar-refractivity contribution is -0.124. The molecular formula is C18H23F2N3O3. The van der Waals surface area contributed by atoms with E-state index in [4.69, 9.17) is 4.74 Å². The Morgan fingerprint density at radius 2 is 2.00 bits per heavy atom. The minimum atomic E-state index is -2.84. The zero-order valence-electron chi connectivity index (χ0n) is 14.6. The van der Waals surface area contributed by atoms with E-state index in [9.17, 15) is 18.4 Å². The van der Waals surface area contributed by atoms with Crippen molar-refractivity contribution in [3.05, 3.63) is 29.8 Å². The van der Waals surface area contributed by atoms with Crippen molar-refractivity contribution in [1.82, 2.24) is 16.0 Å². The topological polar surface area (TPSA) is 79.5 Å². The van der Waals surface area contributed by atoms with E-state index in [-0.39, 0.29) is 18.6 Å². The molecule has 1 saturated carbocycles. The Balaban J connectivity index is 1.46. The van der Waals surface area contributed by atoms with Crippen molar-refractivity contribution in [1.29, 1.82) is 0 Å². The van der Waals surface area contributed by atoms with Gasteiger partial charge in [0.2, 0.25) is 5.91 Å². The number of rotatable bonds is 7. The Kier molecular flexibility index (Phi) is 5.41. The second-order valence-electron chi connectivity index (χ2n) is 6.92. The minimum Gasteiger partial charge on any atom is -0.484 e. The van der Waals surface area contributed by atoms with E-state index in [0.717, 1.165) is 18.4 Å². The predicted octanol–water partition coefficient (Wildman–Crippen LogP) is 1.52. The molecule has 6 nitrogen and oxygen atoms in total. The van der Waals surface area contributed by atoms with Crippen LogP contribution in [0.3, 0.4) is 0 Å². The van der Waals surface area contributed by atoms with Crippen LogP contribution in [0, 0.1) is 0 Å². The molecule has 0 bridgehead atoms. The molecule has 3 N–H and O–H groups in total. The van der Waals surface area contributed by atoms with E-state index >= 15 is 0 Å². The highest BCUT2D eigenvalue weighted by atomic mass is 19.3. The molecule has 0 radical (unpaired) electrons. The lowest BCUT2D eigenvalue weighted by Crippen LogP contribution is -2.41. The molecule has 1 saturated heterocycles. The fraction of sp³-hybridized carbons (Fsp3) is 0.556. The quantitative estimate of drug-likeness (QED) is 0.683. The summed E-state index contributed by atoms with van der Waals surface area (Å²) in [5.41, 5.74) is 0.817. The number of nitrogens with one attached hydrogen (secondary N) is 3. The van der Waals surface area contributed by atoms with Crippen molar-refractivity contribution >= 4 is 11.8 Å². The second-order valence-corrected chi connectivity index (χ2v) is 6.92. The first-order valence-electron chi connectivity index (χ1n) is 8.76. The summed E-state index contributed by atoms with van der Waals surface area (Å²) in [6, 6.07) is 6.07. The molecule has 3 rings (SSSR count). The van der Waals surface area contributed by atoms with Crippen LogP contribution in [0.15, 0.2) is 24.3 Å². The molecule has 1 aromatic carbocycles. The third-order valence-electron chi connectivity index (χ3n) is 4.48. The third-order valence-corrected chi connectivity index (χ3v) is 4.48. The molecule has 1 heterocycles. The average Bonchev–Trinajstić information content (AvgIpc) is 3.33. The molecule has 2 atom stereocenters. The maximum atomic E-state index is 13.2. The van der Waals surface area contributed by atoms with Gasteiger partial charge in [-0.2, -0.15) is 0 Å². The van der Waals surface area contributed by atoms with Gasteiger partial charge in [0.15, 0.2) is 6.61 Å². The molecule has 2 amide bonds. The molecular weight excluding hydrogens is 344 g/mol. The van der Waals surface area contributed by atoms with Crippen LogP contribution in [0.5, 0.6) is 5.75 Å². The molecule has 26 heavy (non-hydrogen) atoms. The van der Waals surface area contributed by atoms with Crippen LogP contribution in [-0.4, -0.2) is 43.0 Å². The highest BCUT2D eigenvalue weighted by molar-refractivity contribution is 5.82. The van der Waals surface area contributed by atoms with E-state index in [1.165, 1.54) is 0 Å². The summed E-state index contributed by atoms with van der Waals surface area (Å²) >= 11 is 0. The van der Waals surface area contributed by atoms with E-state index in [1.807, 2.05) is 0 Å². The first kappa shape index (κ1) is 18.6. The molecule has 142 valence electrons. The summed E-state index contributed by atoms with van der Waals surface area (Å²) in [6.45, 7) is 1.27. The monoisotopic (exact) mass is 367 g/mol. The Bertz CT molecular complexity index is 662. The molecule has 2 fully saturated rings. The Morgan fingerprint density at radius 3 is 2.58 bits per heavy atom. The number of carbonyl (C=O) groups excluding carboxylic acids is 2. The van der Waals surface area contributed by atoms with Crippen LogP contribution < -0.4 is 20.7 Å². The number of carbonyl (C=O) groups is 2. The van der Waals surface area contributed by atoms with Crippen molar-refractivity contribution in [3.63, 3.8) is 0 Å². The van der Waals surface area contributed by atoms with Crippen LogP contribution in [0.1, 0.15) is 37.8 Å². The maximum absolute atomic E-state index is 13.2. The van der Waals surface area contributed by atoms with Crippen molar-refractivity contribution in [3.8, 4) is 5.75 Å². The van der Waals surface area contributed by atoms with Crippen molar-refractivity contribution in [2.24, 2.45) is 0 Å². The summed E-state index contributed by atoms with van der Waals surface area (Å²) in [5, 5.41) is 8.11. The summed E-state index contributed by atoms with van der Waals surface area (Å²) in [6.07, 6.45) is 1.57. The number of alkyl halides is 2. The molecule has 2 aliphatic rings. The maximum Gasteiger partial charge on any atom is 0.262 e. The Morgan fingerprint density at radius 1 is 1.31 bits per heavy atom. The smallest absolute Gasteiger partial charge is 0.262 e. The van der Waals surface area contributed by atoms with Crippen LogP contribution in [0.2, 0.25) is 0 Å². The van der Waals surface area contributed by atoms with Gasteiger partial charge < -0.3 is 15.4 Å². The van der Waals surface area contributed by atoms with Crippen molar-refractivity contribution < 1.29 is 23.1 Å². The fourth-order valence-corrected chi connectivity index (χ4v) is 2.80. The van der Waals surface area contributed by atoms with E-state index in [0.29, 0.717) is 11.8 Å². The number of amides is 2. The van der Waals surface area contributed by atoms with Gasteiger partial charge in [0, 0.05) is 12.5 Å². The van der Waals surface area contributed by atoms with Gasteiger partial charge in [-0.15, -0.1) is 0 Å². The van der Waals surface area contributed by atoms with E-state index in [2.05, 4.69) is 16.0 Å². The SMILES string of the molecule is CC(NC(=O)C1CC(F)(F)CN1)c1ccc(OCC(=O)NC2CC2)cc1. The summed E-state index contributed by atoms with van der Waals surface area (Å²) in [7, 11) is 0. The van der Waals surface area contributed by atoms with Crippen LogP contribution in [0.25, 0.3) is 0 Å². The third kappa shape index (κ3) is 5.14. The number of hydrogen-bond donors (Lipinski definition) is 3. The predicted molar refractivity (Wildman–Crippen MR) is 91.0 cm³/mol. The van der Waals surface area contributed by atoms with Gasteiger partial charge in [-0.1, -0.05) is 12.1 Å². The molecule has 0 aromatic heterocycles. The summed E-state index contributed by atoms with van der Waals surface area (Å²) in [4.78, 5) is 23.7. The van der Waals surface area contributed by atoms with Crippen molar-refractivity contribution in [2.75, 3.05) is 13.2 Å². The fourth-order valence-electron chi connectivity index (χ4n) is 2.80. The van der Waals surface area contributed by atoms with Gasteiger partial charge in [-0.3, -0.25) is 14.9 Å². The van der Waals surface area contributed by atoms with Crippen molar-refractivity contribution in [2.45, 2.75) is 50.2 Å². The van der Waals surface area contributed by atoms with Gasteiger partial charge in [-0.25, -0.2) is 8.78 Å². The molecule has 2 unspecified atom stereocenters. The highest BCUT2D eigenvalue weighted by Gasteiger charge is 2.42. The average molecular weight is 367 g/mol. The highest BCUT2D eigenvalue weighted by Crippen LogP contribution is 2.26. The van der Waals surface area contributed by atoms with Gasteiger partial charge in [-0.05, 0) is 37.5 Å². The van der Waals surface area contributed by atoms with E-state index in [1.54, 1.807) is 31.2 Å². The largest absolute Gasteiger partial charge is 0.484 e. The Labute approximate surface area is 150 Å². The summed E-state index contributed by atoms with van der Waals surface area (Å²) < 4.78 is 31.8. The number of hydrogen-bond acceptors (Lipinski definition) is 4. The van der Waals surface area contributed by atoms with Crippen LogP contribution >= 0.6 is 0 Å². The summed E-state index contributed by atoms with van der Waals surface area (Å²) in [5.74, 6) is -2.86. The van der Waals surface area contributed by atoms with Gasteiger partial charge >= 0.3 is 0 Å². The molecule has 0 spiro atoms. The van der Waals surface area contributed by atoms with Gasteiger partial charge in [0.1, 0.15) is 5.75 Å². The number of ether oxygens (including phenoxy) is 1. The minimum absolute atomic E-state index is 0.0380. The van der Waals surface area contributed by atoms with Gasteiger partial charge in [0.05, 0.1) is 18.6 Å². The molecule has 1 aliphatic heterocycles. The van der Waals surface area contributed by atoms with E-state index < -0.39 is 30.8 Å². The normalized spacial score (nSPS) is 22.5. The zero-order chi connectivity index (χ0) is 18.7. The second kappa shape index (κ2) is 7.57. The van der Waals surface area contributed by atoms with Gasteiger partial charge in [0.25, 0.3) is 11.8 Å². The number of benzene rings is 1. The lowest BCUT2D eigenvalue weighted by Gasteiger charge is -2.18. The van der Waals surface area contributed by atoms with Crippen LogP contribution in [0.4, 0.5) is 8.78 Å². The number of halogens is 2. The Hall–Kier alpha value is -2.22. The lowest BCUT2D eigenvalue weighted by atomic mass is 10.1. The zero-order valence-corrected chi connectivity index (χ0v) is 14.6. The molecule has 1 aromatic rings. The van der Waals surface area contributed by atoms with Crippen LogP contribution in [-0.2, 0) is 9.59 Å².